The fourth-order valence-corrected chi connectivity index (χ4v) is 9.04. The first-order valence-corrected chi connectivity index (χ1v) is 15.2. The van der Waals surface area contributed by atoms with E-state index in [4.69, 9.17) is 11.7 Å². The van der Waals surface area contributed by atoms with Gasteiger partial charge in [0.05, 0.1) is 0 Å². The van der Waals surface area contributed by atoms with Gasteiger partial charge in [0.2, 0.25) is 0 Å². The molecule has 3 aliphatic rings. The molecule has 1 aliphatic heterocycles. The molecule has 4 nitrogen and oxygen atoms in total. The molecule has 1 fully saturated rings. The van der Waals surface area contributed by atoms with E-state index in [9.17, 15) is 0 Å². The number of benzene rings is 2. The molecule has 35 heavy (non-hydrogen) atoms. The van der Waals surface area contributed by atoms with Crippen LogP contribution in [0.3, 0.4) is 0 Å². The van der Waals surface area contributed by atoms with E-state index in [0.29, 0.717) is 6.04 Å². The first-order chi connectivity index (χ1) is 16.4. The number of allylic oxidation sites excluding steroid dienone is 4. The summed E-state index contributed by atoms with van der Waals surface area (Å²) in [5, 5.41) is 0. The summed E-state index contributed by atoms with van der Waals surface area (Å²) >= 11 is 0.247. The zero-order valence-corrected chi connectivity index (χ0v) is 26.2. The van der Waals surface area contributed by atoms with Gasteiger partial charge < -0.3 is 0 Å². The quantitative estimate of drug-likeness (QED) is 0.0979. The third-order valence-electron chi connectivity index (χ3n) is 7.57. The van der Waals surface area contributed by atoms with Crippen LogP contribution in [-0.4, -0.2) is 19.4 Å². The Morgan fingerprint density at radius 2 is 1.69 bits per heavy atom. The Labute approximate surface area is 233 Å². The summed E-state index contributed by atoms with van der Waals surface area (Å²) in [6.07, 6.45) is 16.0. The normalized spacial score (nSPS) is 24.1. The van der Waals surface area contributed by atoms with Gasteiger partial charge in [0.15, 0.2) is 5.69 Å². The maximum atomic E-state index is 6.46. The van der Waals surface area contributed by atoms with Crippen LogP contribution >= 0.6 is 0 Å². The molecule has 1 heterocycles. The molecule has 1 saturated heterocycles. The van der Waals surface area contributed by atoms with Crippen LogP contribution < -0.4 is 37.6 Å². The van der Waals surface area contributed by atoms with Gasteiger partial charge in [-0.15, -0.1) is 4.70 Å². The SMILES string of the molecule is CC1=C[C@H]2[I-]CN(C3=CCC(CCc4ccc([N+](N)(N)c5ccc(C)cc5)cc4)CC3)[C@@H]2C=C1.[Zn]. The molecule has 6 heteroatoms. The molecule has 0 spiro atoms. The van der Waals surface area contributed by atoms with E-state index in [1.54, 1.807) is 5.70 Å². The van der Waals surface area contributed by atoms with Crippen molar-refractivity contribution in [2.45, 2.75) is 55.9 Å². The van der Waals surface area contributed by atoms with Gasteiger partial charge in [-0.1, -0.05) is 17.7 Å². The molecule has 3 atom stereocenters. The van der Waals surface area contributed by atoms with Crippen molar-refractivity contribution in [1.82, 2.24) is 9.60 Å². The summed E-state index contributed by atoms with van der Waals surface area (Å²) < 4.78 is 1.91. The van der Waals surface area contributed by atoms with Gasteiger partial charge in [0, 0.05) is 31.6 Å². The summed E-state index contributed by atoms with van der Waals surface area (Å²) in [5.41, 5.74) is 7.40. The number of hydrogen-bond acceptors (Lipinski definition) is 3. The maximum Gasteiger partial charge on any atom is 0 e. The first kappa shape index (κ1) is 26.7. The summed E-state index contributed by atoms with van der Waals surface area (Å²) in [4.78, 5) is 2.73. The minimum Gasteiger partial charge on any atom is 0 e. The molecule has 4 N–H and O–H groups in total. The second kappa shape index (κ2) is 11.4. The molecular formula is C29H37IN4Zn. The van der Waals surface area contributed by atoms with Gasteiger partial charge in [-0.25, -0.2) is 0 Å². The second-order valence-electron chi connectivity index (χ2n) is 10.1. The molecule has 182 valence electrons. The zero-order chi connectivity index (χ0) is 23.7. The van der Waals surface area contributed by atoms with Crippen LogP contribution in [0.15, 0.2) is 84.1 Å². The molecule has 1 unspecified atom stereocenters. The van der Waals surface area contributed by atoms with Gasteiger partial charge >= 0.3 is 157 Å². The fourth-order valence-electron chi connectivity index (χ4n) is 5.29. The standard InChI is InChI=1S/C29H37IN4.Zn/c1-21-3-14-26(15-4-21)34(31,32)27-16-10-24(11-17-27)7-6-23-8-12-25(13-9-23)33-20-30-28-19-22(2)5-18-29(28)33;/h3-5,10-12,14-19,23,28-29H,6-9,13,20,31-32H2,1-2H3;/t23?,28-,29-;/m1./s1. The number of rotatable bonds is 6. The number of alkyl halides is 2. The van der Waals surface area contributed by atoms with Gasteiger partial charge in [0.1, 0.15) is 0 Å². The van der Waals surface area contributed by atoms with Gasteiger partial charge in [-0.3, -0.25) is 0 Å². The van der Waals surface area contributed by atoms with Gasteiger partial charge in [-0.05, 0) is 6.92 Å². The minimum absolute atomic E-state index is 0. The van der Waals surface area contributed by atoms with E-state index < -0.39 is 0 Å². The number of hydrogen-bond donors (Lipinski definition) is 2. The topological polar surface area (TPSA) is 55.3 Å². The largest absolute Gasteiger partial charge is 0 e. The number of fused-ring (bicyclic) bond motifs is 1. The van der Waals surface area contributed by atoms with Crippen molar-refractivity contribution in [3.8, 4) is 0 Å². The molecule has 0 amide bonds. The van der Waals surface area contributed by atoms with Crippen LogP contribution in [0.4, 0.5) is 11.4 Å². The Morgan fingerprint density at radius 1 is 1.00 bits per heavy atom. The van der Waals surface area contributed by atoms with Gasteiger partial charge in [0.25, 0.3) is 0 Å². The zero-order valence-electron chi connectivity index (χ0n) is 21.0. The summed E-state index contributed by atoms with van der Waals surface area (Å²) in [6, 6.07) is 17.3. The van der Waals surface area contributed by atoms with E-state index in [-0.39, 0.29) is 45.4 Å². The van der Waals surface area contributed by atoms with Crippen molar-refractivity contribution in [3.63, 3.8) is 0 Å². The number of nitrogens with zero attached hydrogens (tertiary/aromatic N) is 2. The van der Waals surface area contributed by atoms with Crippen molar-refractivity contribution in [2.24, 2.45) is 17.6 Å². The molecule has 5 rings (SSSR count). The van der Waals surface area contributed by atoms with Crippen molar-refractivity contribution in [3.05, 3.63) is 95.2 Å². The van der Waals surface area contributed by atoms with E-state index in [1.165, 1.54) is 46.9 Å². The van der Waals surface area contributed by atoms with Crippen LogP contribution in [0, 0.1) is 12.8 Å². The Morgan fingerprint density at radius 3 is 2.34 bits per heavy atom. The Bertz CT molecular complexity index is 1100. The predicted octanol–water partition coefficient (Wildman–Crippen LogP) is 2.61. The first-order valence-electron chi connectivity index (χ1n) is 12.4. The molecule has 2 aromatic rings. The average Bonchev–Trinajstić information content (AvgIpc) is 3.26. The maximum absolute atomic E-state index is 6.46. The van der Waals surface area contributed by atoms with Crippen molar-refractivity contribution < 1.29 is 40.7 Å². The van der Waals surface area contributed by atoms with E-state index in [1.807, 2.05) is 24.3 Å². The van der Waals surface area contributed by atoms with Crippen LogP contribution in [0.2, 0.25) is 0 Å². The van der Waals surface area contributed by atoms with E-state index >= 15 is 0 Å². The Balaban J connectivity index is 0.00000289. The number of quaternary nitrogens is 1. The predicted molar refractivity (Wildman–Crippen MR) is 138 cm³/mol. The minimum atomic E-state index is -0.220. The van der Waals surface area contributed by atoms with Crippen LogP contribution in [0.25, 0.3) is 0 Å². The summed E-state index contributed by atoms with van der Waals surface area (Å²) in [6.45, 7) is 4.31. The Hall–Kier alpha value is -1.31. The molecule has 0 aromatic heterocycles. The molecule has 2 aliphatic carbocycles. The van der Waals surface area contributed by atoms with E-state index in [0.717, 1.165) is 27.6 Å². The smallest absolute Gasteiger partial charge is 0 e. The molecule has 2 aromatic carbocycles. The molecular weight excluding hydrogens is 597 g/mol. The third-order valence-corrected chi connectivity index (χ3v) is 10.8. The number of aryl methyl sites for hydroxylation is 2. The Kier molecular flexibility index (Phi) is 8.71. The monoisotopic (exact) mass is 632 g/mol. The second-order valence-corrected chi connectivity index (χ2v) is 13.1. The van der Waals surface area contributed by atoms with Crippen molar-refractivity contribution in [2.75, 3.05) is 4.55 Å². The number of nitrogens with two attached hydrogens (primary N) is 2. The van der Waals surface area contributed by atoms with Crippen LogP contribution in [0.1, 0.15) is 43.7 Å². The molecule has 0 saturated carbocycles. The van der Waals surface area contributed by atoms with Gasteiger partial charge in [-0.2, -0.15) is 11.7 Å². The van der Waals surface area contributed by atoms with Crippen LogP contribution in [-0.2, 0) is 25.9 Å². The van der Waals surface area contributed by atoms with Crippen molar-refractivity contribution >= 4 is 11.4 Å². The fraction of sp³-hybridized carbons (Fsp3) is 0.379. The molecule has 0 radical (unpaired) electrons. The average molecular weight is 634 g/mol. The molecule has 0 bridgehead atoms. The van der Waals surface area contributed by atoms with Crippen molar-refractivity contribution in [1.29, 1.82) is 0 Å². The van der Waals surface area contributed by atoms with E-state index in [2.05, 4.69) is 67.3 Å². The summed E-state index contributed by atoms with van der Waals surface area (Å²) in [7, 11) is 0. The third kappa shape index (κ3) is 5.99. The van der Waals surface area contributed by atoms with Crippen LogP contribution in [0.5, 0.6) is 0 Å². The summed E-state index contributed by atoms with van der Waals surface area (Å²) in [5.74, 6) is 13.7. The number of halogens is 1.